The Morgan fingerprint density at radius 3 is 2.53 bits per heavy atom. The molecule has 1 N–H and O–H groups in total. The highest BCUT2D eigenvalue weighted by molar-refractivity contribution is 5.79. The third-order valence-electron chi connectivity index (χ3n) is 5.29. The van der Waals surface area contributed by atoms with Crippen LogP contribution in [0.1, 0.15) is 66.2 Å². The quantitative estimate of drug-likeness (QED) is 0.847. The summed E-state index contributed by atoms with van der Waals surface area (Å²) < 4.78 is 0. The Bertz CT molecular complexity index is 353. The molecule has 19 heavy (non-hydrogen) atoms. The summed E-state index contributed by atoms with van der Waals surface area (Å²) in [6, 6.07) is 0.458. The molecule has 2 fully saturated rings. The van der Waals surface area contributed by atoms with Crippen LogP contribution < -0.4 is 0 Å². The van der Waals surface area contributed by atoms with Gasteiger partial charge >= 0.3 is 5.97 Å². The van der Waals surface area contributed by atoms with Crippen molar-refractivity contribution in [1.82, 2.24) is 4.90 Å². The lowest BCUT2D eigenvalue weighted by Gasteiger charge is -2.40. The fraction of sp³-hybridized carbons (Fsp3) is 0.938. The smallest absolute Gasteiger partial charge is 0.324 e. The Morgan fingerprint density at radius 2 is 2.05 bits per heavy atom. The summed E-state index contributed by atoms with van der Waals surface area (Å²) in [4.78, 5) is 14.3. The van der Waals surface area contributed by atoms with E-state index in [1.54, 1.807) is 0 Å². The molecule has 0 bridgehead atoms. The summed E-state index contributed by atoms with van der Waals surface area (Å²) in [5.41, 5.74) is -0.211. The van der Waals surface area contributed by atoms with Crippen LogP contribution in [0.4, 0.5) is 0 Å². The van der Waals surface area contributed by atoms with Crippen molar-refractivity contribution in [1.29, 1.82) is 0 Å². The van der Waals surface area contributed by atoms with Gasteiger partial charge in [-0.2, -0.15) is 0 Å². The minimum atomic E-state index is -0.594. The molecule has 2 aliphatic rings. The van der Waals surface area contributed by atoms with Crippen LogP contribution >= 0.6 is 0 Å². The molecule has 1 aliphatic heterocycles. The van der Waals surface area contributed by atoms with Crippen LogP contribution in [0.2, 0.25) is 0 Å². The lowest BCUT2D eigenvalue weighted by molar-refractivity contribution is -0.152. The Labute approximate surface area is 117 Å². The Hall–Kier alpha value is -0.570. The zero-order valence-corrected chi connectivity index (χ0v) is 12.9. The second kappa shape index (κ2) is 5.08. The van der Waals surface area contributed by atoms with E-state index in [9.17, 15) is 9.90 Å². The van der Waals surface area contributed by atoms with Gasteiger partial charge in [-0.1, -0.05) is 34.1 Å². The van der Waals surface area contributed by atoms with Crippen LogP contribution in [0.15, 0.2) is 0 Å². The van der Waals surface area contributed by atoms with E-state index >= 15 is 0 Å². The number of aliphatic carboxylic acids is 1. The van der Waals surface area contributed by atoms with Gasteiger partial charge in [0.05, 0.1) is 0 Å². The van der Waals surface area contributed by atoms with E-state index in [2.05, 4.69) is 32.6 Å². The molecule has 1 saturated heterocycles. The number of carbonyl (C=O) groups is 1. The van der Waals surface area contributed by atoms with Crippen molar-refractivity contribution >= 4 is 5.97 Å². The van der Waals surface area contributed by atoms with Crippen molar-refractivity contribution in [3.05, 3.63) is 0 Å². The van der Waals surface area contributed by atoms with Crippen molar-refractivity contribution < 1.29 is 9.90 Å². The predicted molar refractivity (Wildman–Crippen MR) is 77.2 cm³/mol. The van der Waals surface area contributed by atoms with Gasteiger partial charge in [-0.05, 0) is 50.0 Å². The number of carboxylic acid groups (broad SMARTS) is 1. The SMILES string of the molecule is CCCC1(C(=O)O)CCCN1C1CC(C)(C)CC1C. The highest BCUT2D eigenvalue weighted by Crippen LogP contribution is 2.48. The van der Waals surface area contributed by atoms with Crippen molar-refractivity contribution in [2.45, 2.75) is 77.8 Å². The summed E-state index contributed by atoms with van der Waals surface area (Å²) in [6.45, 7) is 10.0. The van der Waals surface area contributed by atoms with E-state index in [0.29, 0.717) is 17.4 Å². The van der Waals surface area contributed by atoms with Gasteiger partial charge in [0.1, 0.15) is 5.54 Å². The van der Waals surface area contributed by atoms with Gasteiger partial charge < -0.3 is 5.11 Å². The fourth-order valence-corrected chi connectivity index (χ4v) is 4.68. The molecule has 1 heterocycles. The Morgan fingerprint density at radius 1 is 1.37 bits per heavy atom. The van der Waals surface area contributed by atoms with Gasteiger partial charge in [-0.25, -0.2) is 0 Å². The summed E-state index contributed by atoms with van der Waals surface area (Å²) in [7, 11) is 0. The summed E-state index contributed by atoms with van der Waals surface area (Å²) >= 11 is 0. The van der Waals surface area contributed by atoms with Crippen molar-refractivity contribution in [2.75, 3.05) is 6.54 Å². The molecule has 0 aromatic heterocycles. The van der Waals surface area contributed by atoms with Crippen molar-refractivity contribution in [3.63, 3.8) is 0 Å². The molecule has 1 aliphatic carbocycles. The number of nitrogens with zero attached hydrogens (tertiary/aromatic N) is 1. The minimum Gasteiger partial charge on any atom is -0.480 e. The standard InChI is InChI=1S/C16H29NO2/c1-5-7-16(14(18)19)8-6-9-17(16)13-11-15(3,4)10-12(13)2/h12-13H,5-11H2,1-4H3,(H,18,19). The third kappa shape index (κ3) is 2.54. The summed E-state index contributed by atoms with van der Waals surface area (Å²) in [5.74, 6) is 0.0208. The molecule has 2 rings (SSSR count). The number of carboxylic acids is 1. The predicted octanol–water partition coefficient (Wildman–Crippen LogP) is 3.53. The third-order valence-corrected chi connectivity index (χ3v) is 5.29. The van der Waals surface area contributed by atoms with Crippen LogP contribution in [0, 0.1) is 11.3 Å². The molecule has 3 atom stereocenters. The first-order valence-electron chi connectivity index (χ1n) is 7.82. The maximum absolute atomic E-state index is 11.9. The maximum Gasteiger partial charge on any atom is 0.324 e. The van der Waals surface area contributed by atoms with Crippen LogP contribution in [0.25, 0.3) is 0 Å². The van der Waals surface area contributed by atoms with Gasteiger partial charge in [-0.15, -0.1) is 0 Å². The topological polar surface area (TPSA) is 40.5 Å². The second-order valence-electron chi connectivity index (χ2n) is 7.50. The van der Waals surface area contributed by atoms with E-state index < -0.39 is 11.5 Å². The largest absolute Gasteiger partial charge is 0.480 e. The van der Waals surface area contributed by atoms with Gasteiger partial charge in [0.2, 0.25) is 0 Å². The zero-order chi connectivity index (χ0) is 14.3. The van der Waals surface area contributed by atoms with Crippen molar-refractivity contribution in [3.8, 4) is 0 Å². The number of hydrogen-bond donors (Lipinski definition) is 1. The normalized spacial score (nSPS) is 38.7. The molecule has 0 aromatic carbocycles. The highest BCUT2D eigenvalue weighted by atomic mass is 16.4. The summed E-state index contributed by atoms with van der Waals surface area (Å²) in [5, 5.41) is 9.80. The molecule has 110 valence electrons. The van der Waals surface area contributed by atoms with E-state index in [4.69, 9.17) is 0 Å². The molecule has 0 aromatic rings. The van der Waals surface area contributed by atoms with Gasteiger partial charge in [0.15, 0.2) is 0 Å². The van der Waals surface area contributed by atoms with Gasteiger partial charge in [-0.3, -0.25) is 9.69 Å². The van der Waals surface area contributed by atoms with E-state index in [1.165, 1.54) is 6.42 Å². The first-order valence-corrected chi connectivity index (χ1v) is 7.82. The zero-order valence-electron chi connectivity index (χ0n) is 12.9. The lowest BCUT2D eigenvalue weighted by Crippen LogP contribution is -2.55. The van der Waals surface area contributed by atoms with E-state index in [-0.39, 0.29) is 0 Å². The van der Waals surface area contributed by atoms with Gasteiger partial charge in [0, 0.05) is 6.04 Å². The molecule has 0 amide bonds. The molecule has 3 nitrogen and oxygen atoms in total. The van der Waals surface area contributed by atoms with E-state index in [1.807, 2.05) is 0 Å². The summed E-state index contributed by atoms with van der Waals surface area (Å²) in [6.07, 6.45) is 5.98. The average molecular weight is 267 g/mol. The van der Waals surface area contributed by atoms with Gasteiger partial charge in [0.25, 0.3) is 0 Å². The molecule has 3 unspecified atom stereocenters. The Kier molecular flexibility index (Phi) is 3.97. The molecule has 3 heteroatoms. The van der Waals surface area contributed by atoms with Crippen LogP contribution in [-0.2, 0) is 4.79 Å². The molecule has 0 radical (unpaired) electrons. The fourth-order valence-electron chi connectivity index (χ4n) is 4.68. The lowest BCUT2D eigenvalue weighted by atomic mass is 9.88. The van der Waals surface area contributed by atoms with Crippen LogP contribution in [0.5, 0.6) is 0 Å². The maximum atomic E-state index is 11.9. The second-order valence-corrected chi connectivity index (χ2v) is 7.50. The molecular formula is C16H29NO2. The van der Waals surface area contributed by atoms with Crippen LogP contribution in [-0.4, -0.2) is 34.1 Å². The minimum absolute atomic E-state index is 0.364. The number of hydrogen-bond acceptors (Lipinski definition) is 2. The van der Waals surface area contributed by atoms with E-state index in [0.717, 1.165) is 38.6 Å². The molecule has 0 spiro atoms. The molecular weight excluding hydrogens is 238 g/mol. The number of likely N-dealkylation sites (tertiary alicyclic amines) is 1. The first kappa shape index (κ1) is 14.8. The van der Waals surface area contributed by atoms with Crippen LogP contribution in [0.3, 0.4) is 0 Å². The average Bonchev–Trinajstić information content (AvgIpc) is 2.81. The first-order chi connectivity index (χ1) is 8.82. The molecule has 1 saturated carbocycles. The monoisotopic (exact) mass is 267 g/mol. The Balaban J connectivity index is 2.25. The van der Waals surface area contributed by atoms with Crippen molar-refractivity contribution in [2.24, 2.45) is 11.3 Å². The number of rotatable bonds is 4. The highest BCUT2D eigenvalue weighted by Gasteiger charge is 2.53.